The number of rotatable bonds is 10. The van der Waals surface area contributed by atoms with E-state index < -0.39 is 71.1 Å². The molecule has 0 fully saturated rings. The van der Waals surface area contributed by atoms with E-state index in [1.54, 1.807) is 0 Å². The maximum absolute atomic E-state index is 15.8. The Balaban J connectivity index is 1.24. The minimum absolute atomic E-state index is 0.0151. The Morgan fingerprint density at radius 1 is 1.03 bits per heavy atom. The van der Waals surface area contributed by atoms with Gasteiger partial charge in [-0.3, -0.25) is 23.7 Å². The van der Waals surface area contributed by atoms with Gasteiger partial charge in [-0.1, -0.05) is 0 Å². The Morgan fingerprint density at radius 2 is 1.78 bits per heavy atom. The van der Waals surface area contributed by atoms with Gasteiger partial charge in [0.1, 0.15) is 23.4 Å². The fourth-order valence-corrected chi connectivity index (χ4v) is 7.17. The van der Waals surface area contributed by atoms with E-state index in [9.17, 15) is 46.0 Å². The Kier molecular flexibility index (Phi) is 10.1. The summed E-state index contributed by atoms with van der Waals surface area (Å²) in [7, 11) is 2.88. The molecule has 1 aliphatic rings. The van der Waals surface area contributed by atoms with E-state index in [0.29, 0.717) is 4.68 Å². The normalized spacial score (nSPS) is 13.9. The van der Waals surface area contributed by atoms with Crippen LogP contribution >= 0.6 is 0 Å². The summed E-state index contributed by atoms with van der Waals surface area (Å²) in [5, 5.41) is 23.8. The monoisotopic (exact) mass is 823 g/mol. The van der Waals surface area contributed by atoms with Gasteiger partial charge in [-0.25, -0.2) is 14.1 Å². The molecule has 1 aliphatic heterocycles. The molecular weight excluding hydrogens is 791 g/mol. The van der Waals surface area contributed by atoms with Crippen molar-refractivity contribution in [1.82, 2.24) is 49.1 Å². The van der Waals surface area contributed by atoms with Crippen LogP contribution in [0.5, 0.6) is 0 Å². The van der Waals surface area contributed by atoms with Crippen molar-refractivity contribution in [2.24, 2.45) is 14.1 Å². The highest BCUT2D eigenvalue weighted by molar-refractivity contribution is 6.02. The maximum atomic E-state index is 15.8. The van der Waals surface area contributed by atoms with E-state index in [-0.39, 0.29) is 69.7 Å². The first-order valence-corrected chi connectivity index (χ1v) is 17.8. The van der Waals surface area contributed by atoms with Crippen LogP contribution in [0, 0.1) is 23.1 Å². The number of carbonyl (C=O) groups excluding carboxylic acids is 2. The van der Waals surface area contributed by atoms with Crippen molar-refractivity contribution in [3.8, 4) is 28.6 Å². The number of aryl methyl sites for hydroxylation is 2. The quantitative estimate of drug-likeness (QED) is 0.186. The molecule has 2 amide bonds. The molecule has 5 aromatic heterocycles. The van der Waals surface area contributed by atoms with Crippen molar-refractivity contribution in [3.63, 3.8) is 0 Å². The van der Waals surface area contributed by atoms with Crippen LogP contribution < -0.4 is 10.9 Å². The summed E-state index contributed by atoms with van der Waals surface area (Å²) < 4.78 is 103. The number of halogens is 7. The number of pyridine rings is 2. The minimum atomic E-state index is -4.85. The Labute approximate surface area is 329 Å². The average Bonchev–Trinajstić information content (AvgIpc) is 3.88. The predicted octanol–water partition coefficient (Wildman–Crippen LogP) is 5.16. The van der Waals surface area contributed by atoms with Gasteiger partial charge < -0.3 is 14.8 Å². The number of nitrogens with one attached hydrogen (secondary N) is 1. The number of nitriles is 1. The molecular formula is C38H32F7N11O3. The number of fused-ring (bicyclic) bond motifs is 2. The van der Waals surface area contributed by atoms with Gasteiger partial charge in [0, 0.05) is 56.6 Å². The maximum Gasteiger partial charge on any atom is 0.435 e. The number of hydrogen-bond acceptors (Lipinski definition) is 8. The fourth-order valence-electron chi connectivity index (χ4n) is 7.17. The third kappa shape index (κ3) is 7.64. The number of alkyl halides is 5. The summed E-state index contributed by atoms with van der Waals surface area (Å²) in [4.78, 5) is 46.1. The summed E-state index contributed by atoms with van der Waals surface area (Å²) in [6, 6.07) is 7.42. The summed E-state index contributed by atoms with van der Waals surface area (Å²) in [5.74, 6) is -3.75. The van der Waals surface area contributed by atoms with E-state index in [0.717, 1.165) is 34.1 Å². The molecule has 1 aromatic carbocycles. The van der Waals surface area contributed by atoms with Gasteiger partial charge in [0.15, 0.2) is 5.69 Å². The first-order valence-electron chi connectivity index (χ1n) is 17.8. The molecule has 14 nitrogen and oxygen atoms in total. The first kappa shape index (κ1) is 40.4. The molecule has 0 unspecified atom stereocenters. The van der Waals surface area contributed by atoms with E-state index in [1.807, 2.05) is 6.07 Å². The van der Waals surface area contributed by atoms with Crippen molar-refractivity contribution in [2.45, 2.75) is 57.5 Å². The molecule has 1 atom stereocenters. The van der Waals surface area contributed by atoms with Gasteiger partial charge in [-0.05, 0) is 61.7 Å². The van der Waals surface area contributed by atoms with Crippen LogP contribution in [-0.4, -0.2) is 73.7 Å². The molecule has 0 saturated carbocycles. The van der Waals surface area contributed by atoms with Crippen molar-refractivity contribution < 1.29 is 40.3 Å². The van der Waals surface area contributed by atoms with Crippen molar-refractivity contribution in [2.75, 3.05) is 6.54 Å². The highest BCUT2D eigenvalue weighted by Gasteiger charge is 2.40. The number of hydrogen-bond donors (Lipinski definition) is 1. The Bertz CT molecular complexity index is 2760. The second-order valence-electron chi connectivity index (χ2n) is 14.6. The van der Waals surface area contributed by atoms with Crippen LogP contribution in [0.25, 0.3) is 33.5 Å². The molecule has 306 valence electrons. The summed E-state index contributed by atoms with van der Waals surface area (Å²) in [5.41, 5.74) is -2.98. The average molecular weight is 824 g/mol. The summed E-state index contributed by atoms with van der Waals surface area (Å²) >= 11 is 0. The molecule has 0 bridgehead atoms. The molecule has 6 heterocycles. The second kappa shape index (κ2) is 14.8. The van der Waals surface area contributed by atoms with Crippen molar-refractivity contribution >= 4 is 22.8 Å². The molecule has 0 radical (unpaired) electrons. The van der Waals surface area contributed by atoms with Crippen LogP contribution in [-0.2, 0) is 44.5 Å². The third-order valence-corrected chi connectivity index (χ3v) is 9.92. The molecule has 6 aromatic rings. The van der Waals surface area contributed by atoms with Gasteiger partial charge in [0.05, 0.1) is 46.3 Å². The van der Waals surface area contributed by atoms with Crippen LogP contribution in [0.15, 0.2) is 59.8 Å². The largest absolute Gasteiger partial charge is 0.435 e. The lowest BCUT2D eigenvalue weighted by Crippen LogP contribution is -2.58. The summed E-state index contributed by atoms with van der Waals surface area (Å²) in [6.45, 7) is -0.670. The van der Waals surface area contributed by atoms with Crippen LogP contribution in [0.2, 0.25) is 0 Å². The van der Waals surface area contributed by atoms with Gasteiger partial charge in [-0.2, -0.15) is 41.8 Å². The zero-order valence-corrected chi connectivity index (χ0v) is 31.5. The number of aromatic nitrogens is 8. The number of amides is 2. The van der Waals surface area contributed by atoms with Crippen LogP contribution in [0.4, 0.5) is 30.7 Å². The zero-order valence-electron chi connectivity index (χ0n) is 31.5. The number of benzene rings is 1. The third-order valence-electron chi connectivity index (χ3n) is 9.92. The standard InChI is InChI=1S/C38H32F7N11O3/c1-37(2,18-56-25(13-28(50-56)38(43,44)45)20-5-8-29(57)52(3)17-20)49-34(58)27(11-19-15-47-55(16-19)36(41)42)54-10-9-22-23(6-7-24(39)30(22)35(54)59)31-21(14-46)12-26-32(48-31)33(40)51-53(26)4/h5-8,12-13,15-17,27,36H,9-11,18H2,1-4H3,(H,49,58)/t27-/m1/s1. The minimum Gasteiger partial charge on any atom is -0.348 e. The fraction of sp³-hybridized carbons (Fsp3) is 0.316. The molecule has 21 heteroatoms. The molecule has 1 N–H and O–H groups in total. The zero-order chi connectivity index (χ0) is 42.7. The molecule has 0 spiro atoms. The predicted molar refractivity (Wildman–Crippen MR) is 194 cm³/mol. The van der Waals surface area contributed by atoms with E-state index in [2.05, 4.69) is 25.6 Å². The SMILES string of the molecule is Cn1cc(-c2cc(C(F)(F)F)nn2CC(C)(C)NC(=O)[C@@H](Cc2cnn(C(F)F)c2)N2CCc3c(-c4nc5c(F)nn(C)c5cc4C#N)ccc(F)c3C2=O)ccc1=O. The van der Waals surface area contributed by atoms with Gasteiger partial charge in [0.25, 0.3) is 11.9 Å². The summed E-state index contributed by atoms with van der Waals surface area (Å²) in [6.07, 6.45) is -1.97. The van der Waals surface area contributed by atoms with Gasteiger partial charge in [-0.15, -0.1) is 5.10 Å². The topological polar surface area (TPSA) is 162 Å². The molecule has 0 aliphatic carbocycles. The lowest BCUT2D eigenvalue weighted by Gasteiger charge is -2.37. The van der Waals surface area contributed by atoms with E-state index >= 15 is 4.39 Å². The van der Waals surface area contributed by atoms with Crippen molar-refractivity contribution in [3.05, 3.63) is 105 Å². The van der Waals surface area contributed by atoms with Crippen LogP contribution in [0.3, 0.4) is 0 Å². The lowest BCUT2D eigenvalue weighted by atomic mass is 9.89. The smallest absolute Gasteiger partial charge is 0.348 e. The Morgan fingerprint density at radius 3 is 2.44 bits per heavy atom. The molecule has 7 rings (SSSR count). The van der Waals surface area contributed by atoms with Crippen molar-refractivity contribution in [1.29, 1.82) is 5.26 Å². The first-order chi connectivity index (χ1) is 27.8. The molecule has 59 heavy (non-hydrogen) atoms. The highest BCUT2D eigenvalue weighted by atomic mass is 19.4. The highest BCUT2D eigenvalue weighted by Crippen LogP contribution is 2.36. The van der Waals surface area contributed by atoms with E-state index in [1.165, 1.54) is 67.7 Å². The van der Waals surface area contributed by atoms with Crippen LogP contribution in [0.1, 0.15) is 53.1 Å². The van der Waals surface area contributed by atoms with Gasteiger partial charge >= 0.3 is 12.7 Å². The number of carbonyl (C=O) groups is 2. The van der Waals surface area contributed by atoms with E-state index in [4.69, 9.17) is 0 Å². The second-order valence-corrected chi connectivity index (χ2v) is 14.6. The Hall–Kier alpha value is -6.85. The molecule has 0 saturated heterocycles. The van der Waals surface area contributed by atoms with Gasteiger partial charge in [0.2, 0.25) is 11.5 Å². The lowest BCUT2D eigenvalue weighted by molar-refractivity contribution is -0.141. The number of nitrogens with zero attached hydrogens (tertiary/aromatic N) is 10.